The number of nitrogens with zero attached hydrogens (tertiary/aromatic N) is 2. The van der Waals surface area contributed by atoms with Crippen molar-refractivity contribution in [1.82, 2.24) is 10.6 Å². The number of nitrogens with one attached hydrogen (secondary N) is 2. The summed E-state index contributed by atoms with van der Waals surface area (Å²) in [6.07, 6.45) is 3.33. The summed E-state index contributed by atoms with van der Waals surface area (Å²) in [7, 11) is 3.55. The summed E-state index contributed by atoms with van der Waals surface area (Å²) in [6, 6.07) is 8.31. The Hall–Kier alpha value is -1.56. The standard InChI is InChI=1S/C19H32N4OS/c1-19(2,25-5)14-22-18(20-3)21-12-15-9-10-23(13-15)16-7-6-8-17(11-16)24-4/h6-8,11,15H,9-10,12-14H2,1-5H3,(H2,20,21,22). The molecule has 0 aliphatic carbocycles. The maximum absolute atomic E-state index is 5.33. The fraction of sp³-hybridized carbons (Fsp3) is 0.632. The van der Waals surface area contributed by atoms with Gasteiger partial charge in [-0.05, 0) is 44.6 Å². The minimum Gasteiger partial charge on any atom is -0.497 e. The predicted molar refractivity (Wildman–Crippen MR) is 110 cm³/mol. The molecule has 1 aromatic rings. The molecule has 140 valence electrons. The number of hydrogen-bond acceptors (Lipinski definition) is 4. The van der Waals surface area contributed by atoms with Crippen LogP contribution in [0.1, 0.15) is 20.3 Å². The first-order valence-electron chi connectivity index (χ1n) is 8.86. The van der Waals surface area contributed by atoms with Crippen LogP contribution in [0.4, 0.5) is 5.69 Å². The molecule has 1 aliphatic rings. The number of thioether (sulfide) groups is 1. The van der Waals surface area contributed by atoms with E-state index in [1.165, 1.54) is 12.1 Å². The lowest BCUT2D eigenvalue weighted by atomic mass is 10.1. The van der Waals surface area contributed by atoms with Gasteiger partial charge in [0, 0.05) is 49.7 Å². The number of anilines is 1. The Balaban J connectivity index is 1.80. The van der Waals surface area contributed by atoms with Gasteiger partial charge < -0.3 is 20.3 Å². The van der Waals surface area contributed by atoms with Gasteiger partial charge in [-0.3, -0.25) is 4.99 Å². The van der Waals surface area contributed by atoms with Gasteiger partial charge >= 0.3 is 0 Å². The lowest BCUT2D eigenvalue weighted by molar-refractivity contribution is 0.415. The van der Waals surface area contributed by atoms with Crippen LogP contribution in [0.2, 0.25) is 0 Å². The highest BCUT2D eigenvalue weighted by molar-refractivity contribution is 7.99. The third kappa shape index (κ3) is 6.03. The zero-order chi connectivity index (χ0) is 18.3. The molecule has 0 bridgehead atoms. The van der Waals surface area contributed by atoms with Gasteiger partial charge in [0.15, 0.2) is 5.96 Å². The van der Waals surface area contributed by atoms with Gasteiger partial charge in [-0.25, -0.2) is 0 Å². The zero-order valence-corrected chi connectivity index (χ0v) is 16.9. The molecule has 0 saturated carbocycles. The van der Waals surface area contributed by atoms with E-state index in [2.05, 4.69) is 58.8 Å². The Morgan fingerprint density at radius 2 is 2.20 bits per heavy atom. The normalized spacial score (nSPS) is 18.4. The molecule has 0 radical (unpaired) electrons. The predicted octanol–water partition coefficient (Wildman–Crippen LogP) is 2.83. The maximum Gasteiger partial charge on any atom is 0.191 e. The lowest BCUT2D eigenvalue weighted by Gasteiger charge is -2.24. The monoisotopic (exact) mass is 364 g/mol. The second-order valence-corrected chi connectivity index (χ2v) is 8.59. The molecule has 1 heterocycles. The highest BCUT2D eigenvalue weighted by Gasteiger charge is 2.23. The fourth-order valence-electron chi connectivity index (χ4n) is 2.87. The molecule has 0 amide bonds. The van der Waals surface area contributed by atoms with Gasteiger partial charge in [-0.2, -0.15) is 11.8 Å². The Bertz CT molecular complexity index is 576. The number of aliphatic imine (C=N–C) groups is 1. The van der Waals surface area contributed by atoms with E-state index < -0.39 is 0 Å². The Morgan fingerprint density at radius 1 is 1.40 bits per heavy atom. The first kappa shape index (κ1) is 19.8. The summed E-state index contributed by atoms with van der Waals surface area (Å²) < 4.78 is 5.54. The van der Waals surface area contributed by atoms with Crippen molar-refractivity contribution in [2.24, 2.45) is 10.9 Å². The lowest BCUT2D eigenvalue weighted by Crippen LogP contribution is -2.44. The van der Waals surface area contributed by atoms with Crippen molar-refractivity contribution in [3.05, 3.63) is 24.3 Å². The van der Waals surface area contributed by atoms with Gasteiger partial charge in [0.1, 0.15) is 5.75 Å². The minimum atomic E-state index is 0.203. The Labute approximate surface area is 156 Å². The molecule has 2 N–H and O–H groups in total. The van der Waals surface area contributed by atoms with Gasteiger partial charge in [-0.15, -0.1) is 0 Å². The summed E-state index contributed by atoms with van der Waals surface area (Å²) in [5.74, 6) is 2.43. The largest absolute Gasteiger partial charge is 0.497 e. The maximum atomic E-state index is 5.33. The van der Waals surface area contributed by atoms with E-state index >= 15 is 0 Å². The van der Waals surface area contributed by atoms with E-state index in [-0.39, 0.29) is 4.75 Å². The number of rotatable bonds is 7. The van der Waals surface area contributed by atoms with Crippen LogP contribution >= 0.6 is 11.8 Å². The summed E-state index contributed by atoms with van der Waals surface area (Å²) in [6.45, 7) is 8.47. The first-order chi connectivity index (χ1) is 12.0. The van der Waals surface area contributed by atoms with Crippen LogP contribution in [-0.4, -0.2) is 57.3 Å². The van der Waals surface area contributed by atoms with Crippen LogP contribution < -0.4 is 20.3 Å². The second kappa shape index (κ2) is 9.22. The van der Waals surface area contributed by atoms with E-state index in [1.807, 2.05) is 24.9 Å². The molecule has 1 aromatic carbocycles. The first-order valence-corrected chi connectivity index (χ1v) is 10.1. The molecule has 1 unspecified atom stereocenters. The van der Waals surface area contributed by atoms with E-state index in [0.29, 0.717) is 5.92 Å². The van der Waals surface area contributed by atoms with Gasteiger partial charge in [0.05, 0.1) is 7.11 Å². The van der Waals surface area contributed by atoms with Crippen molar-refractivity contribution < 1.29 is 4.74 Å². The highest BCUT2D eigenvalue weighted by Crippen LogP contribution is 2.26. The van der Waals surface area contributed by atoms with Crippen molar-refractivity contribution in [2.45, 2.75) is 25.0 Å². The zero-order valence-electron chi connectivity index (χ0n) is 16.1. The Morgan fingerprint density at radius 3 is 2.88 bits per heavy atom. The molecule has 1 fully saturated rings. The van der Waals surface area contributed by atoms with Crippen LogP contribution in [0.3, 0.4) is 0 Å². The third-order valence-electron chi connectivity index (χ3n) is 4.72. The average Bonchev–Trinajstić information content (AvgIpc) is 3.11. The van der Waals surface area contributed by atoms with Crippen LogP contribution in [0.5, 0.6) is 5.75 Å². The number of benzene rings is 1. The number of ether oxygens (including phenoxy) is 1. The molecule has 1 saturated heterocycles. The minimum absolute atomic E-state index is 0.203. The Kier molecular flexibility index (Phi) is 7.29. The molecular formula is C19H32N4OS. The average molecular weight is 365 g/mol. The molecule has 5 nitrogen and oxygen atoms in total. The molecule has 25 heavy (non-hydrogen) atoms. The van der Waals surface area contributed by atoms with E-state index in [0.717, 1.165) is 37.9 Å². The summed E-state index contributed by atoms with van der Waals surface area (Å²) in [4.78, 5) is 6.77. The number of methoxy groups -OCH3 is 1. The number of hydrogen-bond donors (Lipinski definition) is 2. The molecule has 2 rings (SSSR count). The third-order valence-corrected chi connectivity index (χ3v) is 5.97. The quantitative estimate of drug-likeness (QED) is 0.575. The topological polar surface area (TPSA) is 48.9 Å². The molecule has 0 spiro atoms. The summed E-state index contributed by atoms with van der Waals surface area (Å²) >= 11 is 1.86. The van der Waals surface area contributed by atoms with Crippen molar-refractivity contribution in [2.75, 3.05) is 51.5 Å². The van der Waals surface area contributed by atoms with E-state index in [1.54, 1.807) is 7.11 Å². The van der Waals surface area contributed by atoms with Crippen LogP contribution in [-0.2, 0) is 0 Å². The molecule has 6 heteroatoms. The van der Waals surface area contributed by atoms with Crippen LogP contribution in [0.15, 0.2) is 29.3 Å². The van der Waals surface area contributed by atoms with Crippen molar-refractivity contribution in [3.63, 3.8) is 0 Å². The summed E-state index contributed by atoms with van der Waals surface area (Å²) in [5.41, 5.74) is 1.24. The van der Waals surface area contributed by atoms with Gasteiger partial charge in [0.2, 0.25) is 0 Å². The summed E-state index contributed by atoms with van der Waals surface area (Å²) in [5, 5.41) is 6.91. The van der Waals surface area contributed by atoms with Crippen LogP contribution in [0.25, 0.3) is 0 Å². The number of guanidine groups is 1. The molecule has 0 aromatic heterocycles. The van der Waals surface area contributed by atoms with E-state index in [9.17, 15) is 0 Å². The van der Waals surface area contributed by atoms with E-state index in [4.69, 9.17) is 4.74 Å². The van der Waals surface area contributed by atoms with Crippen molar-refractivity contribution in [3.8, 4) is 5.75 Å². The van der Waals surface area contributed by atoms with Gasteiger partial charge in [0.25, 0.3) is 0 Å². The SMILES string of the molecule is CN=C(NCC1CCN(c2cccc(OC)c2)C1)NCC(C)(C)SC. The van der Waals surface area contributed by atoms with Gasteiger partial charge in [-0.1, -0.05) is 6.07 Å². The second-order valence-electron chi connectivity index (χ2n) is 7.07. The van der Waals surface area contributed by atoms with Crippen molar-refractivity contribution in [1.29, 1.82) is 0 Å². The van der Waals surface area contributed by atoms with Crippen molar-refractivity contribution >= 4 is 23.4 Å². The fourth-order valence-corrected chi connectivity index (χ4v) is 3.09. The highest BCUT2D eigenvalue weighted by atomic mass is 32.2. The van der Waals surface area contributed by atoms with Crippen LogP contribution in [0, 0.1) is 5.92 Å². The smallest absolute Gasteiger partial charge is 0.191 e. The molecular weight excluding hydrogens is 332 g/mol. The molecule has 1 atom stereocenters. The molecule has 1 aliphatic heterocycles.